The monoisotopic (exact) mass is 347 g/mol. The van der Waals surface area contributed by atoms with Crippen molar-refractivity contribution < 1.29 is 4.74 Å². The summed E-state index contributed by atoms with van der Waals surface area (Å²) in [7, 11) is 0. The summed E-state index contributed by atoms with van der Waals surface area (Å²) in [6.45, 7) is 0.521. The van der Waals surface area contributed by atoms with Crippen LogP contribution >= 0.6 is 22.6 Å². The van der Waals surface area contributed by atoms with Gasteiger partial charge in [-0.2, -0.15) is 0 Å². The molecule has 0 aromatic carbocycles. The quantitative estimate of drug-likeness (QED) is 0.674. The Labute approximate surface area is 115 Å². The lowest BCUT2D eigenvalue weighted by molar-refractivity contribution is 0.187. The topological polar surface area (TPSA) is 61.0 Å². The van der Waals surface area contributed by atoms with E-state index in [2.05, 4.69) is 32.6 Å². The Morgan fingerprint density at radius 3 is 2.35 bits per heavy atom. The van der Waals surface area contributed by atoms with Gasteiger partial charge in [0.25, 0.3) is 0 Å². The molecule has 0 bridgehead atoms. The molecule has 2 N–H and O–H groups in total. The summed E-state index contributed by atoms with van der Waals surface area (Å²) in [6, 6.07) is 0.430. The van der Waals surface area contributed by atoms with Crippen molar-refractivity contribution >= 4 is 22.6 Å². The Balaban J connectivity index is 1.89. The molecular weight excluding hydrogens is 329 g/mol. The van der Waals surface area contributed by atoms with Crippen LogP contribution in [0.15, 0.2) is 12.4 Å². The average molecular weight is 347 g/mol. The number of rotatable bonds is 3. The Morgan fingerprint density at radius 2 is 1.76 bits per heavy atom. The van der Waals surface area contributed by atoms with Crippen LogP contribution in [0.3, 0.4) is 0 Å². The highest BCUT2D eigenvalue weighted by Gasteiger charge is 2.27. The van der Waals surface area contributed by atoms with Crippen LogP contribution in [0, 0.1) is 3.57 Å². The van der Waals surface area contributed by atoms with Gasteiger partial charge in [-0.05, 0) is 35.4 Å². The van der Waals surface area contributed by atoms with E-state index in [1.165, 1.54) is 25.7 Å². The zero-order chi connectivity index (χ0) is 12.1. The van der Waals surface area contributed by atoms with Crippen molar-refractivity contribution in [2.24, 2.45) is 5.73 Å². The number of hydrogen-bond donors (Lipinski definition) is 1. The van der Waals surface area contributed by atoms with Gasteiger partial charge < -0.3 is 10.5 Å². The molecule has 1 aliphatic carbocycles. The van der Waals surface area contributed by atoms with Crippen molar-refractivity contribution in [2.75, 3.05) is 6.61 Å². The molecular formula is C12H18IN3O. The molecule has 5 heteroatoms. The van der Waals surface area contributed by atoms with Crippen molar-refractivity contribution in [3.05, 3.63) is 16.0 Å². The molecule has 0 atom stereocenters. The minimum Gasteiger partial charge on any atom is -0.462 e. The molecule has 1 saturated carbocycles. The van der Waals surface area contributed by atoms with Crippen LogP contribution in [0.1, 0.15) is 38.5 Å². The molecule has 0 amide bonds. The van der Waals surface area contributed by atoms with Crippen LogP contribution in [-0.4, -0.2) is 22.1 Å². The standard InChI is InChI=1S/C12H18IN3O/c13-10-7-15-11(16-8-10)17-9-12(14)5-3-1-2-4-6-12/h7-8H,1-6,9,14H2. The fourth-order valence-corrected chi connectivity index (χ4v) is 2.44. The molecule has 0 unspecified atom stereocenters. The summed E-state index contributed by atoms with van der Waals surface area (Å²) < 4.78 is 6.61. The number of hydrogen-bond acceptors (Lipinski definition) is 4. The van der Waals surface area contributed by atoms with E-state index in [-0.39, 0.29) is 5.54 Å². The van der Waals surface area contributed by atoms with E-state index in [1.807, 2.05) is 0 Å². The second kappa shape index (κ2) is 5.95. The van der Waals surface area contributed by atoms with Gasteiger partial charge >= 0.3 is 6.01 Å². The number of halogens is 1. The van der Waals surface area contributed by atoms with Gasteiger partial charge in [0.1, 0.15) is 6.61 Å². The second-order valence-corrected chi connectivity index (χ2v) is 5.99. The third-order valence-corrected chi connectivity index (χ3v) is 3.74. The van der Waals surface area contributed by atoms with E-state index in [0.717, 1.165) is 16.4 Å². The van der Waals surface area contributed by atoms with Crippen LogP contribution in [0.5, 0.6) is 6.01 Å². The maximum absolute atomic E-state index is 6.35. The first-order valence-electron chi connectivity index (χ1n) is 6.07. The number of aromatic nitrogens is 2. The summed E-state index contributed by atoms with van der Waals surface area (Å²) >= 11 is 2.17. The lowest BCUT2D eigenvalue weighted by Gasteiger charge is -2.27. The fourth-order valence-electron chi connectivity index (χ4n) is 2.16. The predicted octanol–water partition coefficient (Wildman–Crippen LogP) is 2.51. The van der Waals surface area contributed by atoms with E-state index in [1.54, 1.807) is 12.4 Å². The van der Waals surface area contributed by atoms with Crippen molar-refractivity contribution in [3.63, 3.8) is 0 Å². The molecule has 94 valence electrons. The third-order valence-electron chi connectivity index (χ3n) is 3.18. The van der Waals surface area contributed by atoms with E-state index in [9.17, 15) is 0 Å². The van der Waals surface area contributed by atoms with Crippen molar-refractivity contribution in [1.29, 1.82) is 0 Å². The van der Waals surface area contributed by atoms with Gasteiger partial charge in [0.15, 0.2) is 0 Å². The lowest BCUT2D eigenvalue weighted by Crippen LogP contribution is -2.45. The largest absolute Gasteiger partial charge is 0.462 e. The fraction of sp³-hybridized carbons (Fsp3) is 0.667. The van der Waals surface area contributed by atoms with Crippen LogP contribution < -0.4 is 10.5 Å². The first kappa shape index (κ1) is 13.0. The zero-order valence-corrected chi connectivity index (χ0v) is 12.0. The minimum atomic E-state index is -0.192. The van der Waals surface area contributed by atoms with E-state index in [4.69, 9.17) is 10.5 Å². The second-order valence-electron chi connectivity index (χ2n) is 4.75. The average Bonchev–Trinajstić information content (AvgIpc) is 2.54. The Morgan fingerprint density at radius 1 is 1.18 bits per heavy atom. The summed E-state index contributed by atoms with van der Waals surface area (Å²) in [5, 5.41) is 0. The molecule has 4 nitrogen and oxygen atoms in total. The summed E-state index contributed by atoms with van der Waals surface area (Å²) in [5.41, 5.74) is 6.16. The normalized spacial score (nSPS) is 19.6. The van der Waals surface area contributed by atoms with Gasteiger partial charge in [-0.3, -0.25) is 0 Å². The molecule has 1 aromatic heterocycles. The molecule has 0 radical (unpaired) electrons. The van der Waals surface area contributed by atoms with Gasteiger partial charge in [-0.25, -0.2) is 9.97 Å². The SMILES string of the molecule is NC1(COc2ncc(I)cn2)CCCCCC1. The molecule has 1 aliphatic rings. The maximum Gasteiger partial charge on any atom is 0.316 e. The first-order valence-corrected chi connectivity index (χ1v) is 7.15. The predicted molar refractivity (Wildman–Crippen MR) is 74.9 cm³/mol. The minimum absolute atomic E-state index is 0.192. The Hall–Kier alpha value is -0.430. The van der Waals surface area contributed by atoms with Crippen LogP contribution in [0.25, 0.3) is 0 Å². The molecule has 1 heterocycles. The van der Waals surface area contributed by atoms with E-state index >= 15 is 0 Å². The molecule has 0 saturated heterocycles. The molecule has 0 spiro atoms. The molecule has 1 fully saturated rings. The molecule has 17 heavy (non-hydrogen) atoms. The van der Waals surface area contributed by atoms with Gasteiger partial charge in [0, 0.05) is 16.0 Å². The highest BCUT2D eigenvalue weighted by molar-refractivity contribution is 14.1. The maximum atomic E-state index is 6.35. The molecule has 0 aliphatic heterocycles. The van der Waals surface area contributed by atoms with Gasteiger partial charge in [0.2, 0.25) is 0 Å². The van der Waals surface area contributed by atoms with Crippen LogP contribution in [0.4, 0.5) is 0 Å². The number of ether oxygens (including phenoxy) is 1. The van der Waals surface area contributed by atoms with E-state index in [0.29, 0.717) is 12.6 Å². The summed E-state index contributed by atoms with van der Waals surface area (Å²) in [5.74, 6) is 0. The van der Waals surface area contributed by atoms with Crippen molar-refractivity contribution in [3.8, 4) is 6.01 Å². The van der Waals surface area contributed by atoms with Crippen LogP contribution in [-0.2, 0) is 0 Å². The highest BCUT2D eigenvalue weighted by Crippen LogP contribution is 2.25. The molecule has 1 aromatic rings. The van der Waals surface area contributed by atoms with Gasteiger partial charge in [-0.15, -0.1) is 0 Å². The lowest BCUT2D eigenvalue weighted by atomic mass is 9.93. The number of nitrogens with two attached hydrogens (primary N) is 1. The smallest absolute Gasteiger partial charge is 0.316 e. The Kier molecular flexibility index (Phi) is 4.55. The first-order chi connectivity index (χ1) is 8.18. The van der Waals surface area contributed by atoms with Gasteiger partial charge in [0.05, 0.1) is 5.54 Å². The molecule has 2 rings (SSSR count). The zero-order valence-electron chi connectivity index (χ0n) is 9.86. The number of nitrogens with zero attached hydrogens (tertiary/aromatic N) is 2. The van der Waals surface area contributed by atoms with Crippen molar-refractivity contribution in [1.82, 2.24) is 9.97 Å². The summed E-state index contributed by atoms with van der Waals surface area (Å²) in [4.78, 5) is 8.24. The Bertz CT molecular complexity index is 347. The highest BCUT2D eigenvalue weighted by atomic mass is 127. The van der Waals surface area contributed by atoms with Crippen LogP contribution in [0.2, 0.25) is 0 Å². The van der Waals surface area contributed by atoms with E-state index < -0.39 is 0 Å². The van der Waals surface area contributed by atoms with Crippen molar-refractivity contribution in [2.45, 2.75) is 44.1 Å². The summed E-state index contributed by atoms with van der Waals surface area (Å²) in [6.07, 6.45) is 10.6. The van der Waals surface area contributed by atoms with Gasteiger partial charge in [-0.1, -0.05) is 25.7 Å². The third kappa shape index (κ3) is 4.06.